The van der Waals surface area contributed by atoms with E-state index in [0.717, 1.165) is 91.9 Å². The molecule has 0 radical (unpaired) electrons. The number of hydrogen-bond donors (Lipinski definition) is 2. The normalized spacial score (nSPS) is 17.2. The van der Waals surface area contributed by atoms with Crippen LogP contribution in [-0.4, -0.2) is 83.3 Å². The lowest BCUT2D eigenvalue weighted by Crippen LogP contribution is -2.55. The number of carbonyl (C=O) groups excluding carboxylic acids is 1. The molecule has 2 heterocycles. The van der Waals surface area contributed by atoms with Crippen molar-refractivity contribution in [2.24, 2.45) is 11.7 Å². The van der Waals surface area contributed by atoms with E-state index in [9.17, 15) is 18.7 Å². The Balaban J connectivity index is 0.00000461. The van der Waals surface area contributed by atoms with Crippen molar-refractivity contribution >= 4 is 41.7 Å². The van der Waals surface area contributed by atoms with Crippen LogP contribution < -0.4 is 5.73 Å². The van der Waals surface area contributed by atoms with Gasteiger partial charge in [0.2, 0.25) is 5.91 Å². The van der Waals surface area contributed by atoms with Crippen LogP contribution in [0.4, 0.5) is 8.78 Å². The molecule has 2 saturated heterocycles. The lowest BCUT2D eigenvalue weighted by Gasteiger charge is -2.39. The number of rotatable bonds is 10. The van der Waals surface area contributed by atoms with Gasteiger partial charge >= 0.3 is 0 Å². The van der Waals surface area contributed by atoms with E-state index >= 15 is 0 Å². The summed E-state index contributed by atoms with van der Waals surface area (Å²) in [5, 5.41) is 10.5. The molecule has 0 bridgehead atoms. The standard InChI is InChI=1S/C34H41ClF2N4O2S.ClH/c1-2-44-32-21-28(36)5-3-25(32)22-40-13-15-41(16-14-40)34(43)33(38)23-7-10-39(11-8-23)12-9-24-17-27(35)4-6-31(24)26-18-29(37)20-30(42)19-26;/h3-6,17-21,23,33,42H,2,7-16,22,38H2,1H3;1H/t33-;/m1./s1. The van der Waals surface area contributed by atoms with E-state index in [1.165, 1.54) is 12.1 Å². The molecule has 2 aliphatic rings. The monoisotopic (exact) mass is 678 g/mol. The number of hydrogen-bond acceptors (Lipinski definition) is 6. The number of halogens is 4. The molecule has 2 aliphatic heterocycles. The number of benzene rings is 3. The number of nitrogens with zero attached hydrogens (tertiary/aromatic N) is 3. The van der Waals surface area contributed by atoms with Gasteiger partial charge in [0.1, 0.15) is 17.4 Å². The number of piperidine rings is 1. The molecule has 5 rings (SSSR count). The van der Waals surface area contributed by atoms with E-state index in [4.69, 9.17) is 17.3 Å². The van der Waals surface area contributed by atoms with Gasteiger partial charge in [0, 0.05) is 55.3 Å². The molecule has 2 fully saturated rings. The highest BCUT2D eigenvalue weighted by atomic mass is 35.5. The number of piperazine rings is 1. The number of carbonyl (C=O) groups is 1. The zero-order valence-electron chi connectivity index (χ0n) is 25.6. The van der Waals surface area contributed by atoms with E-state index in [0.29, 0.717) is 23.7 Å². The largest absolute Gasteiger partial charge is 0.508 e. The zero-order chi connectivity index (χ0) is 31.2. The summed E-state index contributed by atoms with van der Waals surface area (Å²) < 4.78 is 27.7. The fraction of sp³-hybridized carbons (Fsp3) is 0.441. The molecule has 0 spiro atoms. The maximum absolute atomic E-state index is 14.0. The zero-order valence-corrected chi connectivity index (χ0v) is 27.9. The van der Waals surface area contributed by atoms with Crippen LogP contribution in [-0.2, 0) is 17.8 Å². The van der Waals surface area contributed by atoms with Gasteiger partial charge in [-0.15, -0.1) is 24.2 Å². The number of amides is 1. The van der Waals surface area contributed by atoms with Gasteiger partial charge in [-0.05, 0) is 103 Å². The Morgan fingerprint density at radius 3 is 2.38 bits per heavy atom. The van der Waals surface area contributed by atoms with Gasteiger partial charge in [0.15, 0.2) is 0 Å². The second kappa shape index (κ2) is 16.4. The first kappa shape index (κ1) is 35.5. The highest BCUT2D eigenvalue weighted by Gasteiger charge is 2.33. The molecule has 0 unspecified atom stereocenters. The van der Waals surface area contributed by atoms with Crippen molar-refractivity contribution in [3.8, 4) is 16.9 Å². The fourth-order valence-electron chi connectivity index (χ4n) is 6.32. The Morgan fingerprint density at radius 2 is 1.69 bits per heavy atom. The van der Waals surface area contributed by atoms with Crippen molar-refractivity contribution in [1.82, 2.24) is 14.7 Å². The van der Waals surface area contributed by atoms with Crippen molar-refractivity contribution < 1.29 is 18.7 Å². The third kappa shape index (κ3) is 9.33. The van der Waals surface area contributed by atoms with E-state index in [-0.39, 0.29) is 35.8 Å². The smallest absolute Gasteiger partial charge is 0.239 e. The van der Waals surface area contributed by atoms with Crippen LogP contribution in [0.3, 0.4) is 0 Å². The lowest BCUT2D eigenvalue weighted by molar-refractivity contribution is -0.136. The maximum atomic E-state index is 14.0. The first-order chi connectivity index (χ1) is 21.2. The van der Waals surface area contributed by atoms with Gasteiger partial charge in [-0.1, -0.05) is 30.7 Å². The highest BCUT2D eigenvalue weighted by Crippen LogP contribution is 2.31. The van der Waals surface area contributed by atoms with Crippen LogP contribution in [0, 0.1) is 17.6 Å². The molecule has 6 nitrogen and oxygen atoms in total. The molecule has 1 amide bonds. The van der Waals surface area contributed by atoms with Gasteiger partial charge in [-0.3, -0.25) is 9.69 Å². The Labute approximate surface area is 280 Å². The Morgan fingerprint density at radius 1 is 0.956 bits per heavy atom. The van der Waals surface area contributed by atoms with Gasteiger partial charge < -0.3 is 20.6 Å². The highest BCUT2D eigenvalue weighted by molar-refractivity contribution is 7.99. The van der Waals surface area contributed by atoms with Crippen LogP contribution in [0.25, 0.3) is 11.1 Å². The number of aromatic hydroxyl groups is 1. The number of thioether (sulfide) groups is 1. The molecule has 3 N–H and O–H groups in total. The van der Waals surface area contributed by atoms with Gasteiger partial charge in [-0.25, -0.2) is 8.78 Å². The summed E-state index contributed by atoms with van der Waals surface area (Å²) >= 11 is 7.96. The van der Waals surface area contributed by atoms with E-state index < -0.39 is 11.9 Å². The van der Waals surface area contributed by atoms with Crippen LogP contribution in [0.2, 0.25) is 5.02 Å². The number of phenols is 1. The minimum Gasteiger partial charge on any atom is -0.508 e. The minimum absolute atomic E-state index is 0. The SMILES string of the molecule is CCSc1cc(F)ccc1CN1CCN(C(=O)[C@H](N)C2CCN(CCc3cc(Cl)ccc3-c3cc(O)cc(F)c3)CC2)CC1.Cl. The molecule has 3 aromatic rings. The molecule has 244 valence electrons. The van der Waals surface area contributed by atoms with E-state index in [1.807, 2.05) is 23.1 Å². The first-order valence-electron chi connectivity index (χ1n) is 15.4. The summed E-state index contributed by atoms with van der Waals surface area (Å²) in [4.78, 5) is 20.9. The molecule has 11 heteroatoms. The van der Waals surface area contributed by atoms with Gasteiger partial charge in [-0.2, -0.15) is 0 Å². The third-order valence-electron chi connectivity index (χ3n) is 8.79. The molecule has 0 aromatic heterocycles. The Kier molecular flexibility index (Phi) is 12.9. The van der Waals surface area contributed by atoms with Gasteiger partial charge in [0.25, 0.3) is 0 Å². The van der Waals surface area contributed by atoms with Crippen LogP contribution in [0.5, 0.6) is 5.75 Å². The topological polar surface area (TPSA) is 73.0 Å². The molecule has 45 heavy (non-hydrogen) atoms. The molecular formula is C34H42Cl2F2N4O2S. The van der Waals surface area contributed by atoms with E-state index in [1.54, 1.807) is 30.0 Å². The summed E-state index contributed by atoms with van der Waals surface area (Å²) in [7, 11) is 0. The summed E-state index contributed by atoms with van der Waals surface area (Å²) in [6.07, 6.45) is 2.44. The number of likely N-dealkylation sites (tertiary alicyclic amines) is 1. The van der Waals surface area contributed by atoms with Crippen LogP contribution >= 0.6 is 35.8 Å². The molecule has 3 aromatic carbocycles. The average Bonchev–Trinajstić information content (AvgIpc) is 3.01. The number of nitrogens with two attached hydrogens (primary N) is 1. The summed E-state index contributed by atoms with van der Waals surface area (Å²) in [6.45, 7) is 8.16. The van der Waals surface area contributed by atoms with Crippen LogP contribution in [0.1, 0.15) is 30.9 Å². The van der Waals surface area contributed by atoms with Gasteiger partial charge in [0.05, 0.1) is 6.04 Å². The molecule has 1 atom stereocenters. The minimum atomic E-state index is -0.506. The second-order valence-corrected chi connectivity index (χ2v) is 13.5. The first-order valence-corrected chi connectivity index (χ1v) is 16.7. The van der Waals surface area contributed by atoms with E-state index in [2.05, 4.69) is 16.7 Å². The second-order valence-electron chi connectivity index (χ2n) is 11.7. The summed E-state index contributed by atoms with van der Waals surface area (Å²) in [6, 6.07) is 14.1. The summed E-state index contributed by atoms with van der Waals surface area (Å²) in [5.74, 6) is 0.261. The predicted octanol–water partition coefficient (Wildman–Crippen LogP) is 6.45. The lowest BCUT2D eigenvalue weighted by atomic mass is 9.88. The predicted molar refractivity (Wildman–Crippen MR) is 181 cm³/mol. The third-order valence-corrected chi connectivity index (χ3v) is 10.0. The van der Waals surface area contributed by atoms with Crippen molar-refractivity contribution in [3.63, 3.8) is 0 Å². The maximum Gasteiger partial charge on any atom is 0.239 e. The van der Waals surface area contributed by atoms with Crippen molar-refractivity contribution in [2.45, 2.75) is 43.7 Å². The molecular weight excluding hydrogens is 637 g/mol. The quantitative estimate of drug-likeness (QED) is 0.240. The van der Waals surface area contributed by atoms with Crippen molar-refractivity contribution in [2.75, 3.05) is 51.6 Å². The fourth-order valence-corrected chi connectivity index (χ4v) is 7.34. The Bertz CT molecular complexity index is 1430. The van der Waals surface area contributed by atoms with Crippen molar-refractivity contribution in [3.05, 3.63) is 82.4 Å². The number of phenolic OH excluding ortho intramolecular Hbond substituents is 1. The molecule has 0 aliphatic carbocycles. The summed E-state index contributed by atoms with van der Waals surface area (Å²) in [5.41, 5.74) is 10.1. The van der Waals surface area contributed by atoms with Crippen LogP contribution in [0.15, 0.2) is 59.5 Å². The molecule has 0 saturated carbocycles. The Hall–Kier alpha value is -2.40. The average molecular weight is 680 g/mol. The van der Waals surface area contributed by atoms with Crippen molar-refractivity contribution in [1.29, 1.82) is 0 Å².